The number of carboxylic acid groups (broad SMARTS) is 3. The fourth-order valence-electron chi connectivity index (χ4n) is 3.72. The van der Waals surface area contributed by atoms with Crippen LogP contribution < -0.4 is 0 Å². The van der Waals surface area contributed by atoms with Crippen molar-refractivity contribution in [3.05, 3.63) is 0 Å². The molecule has 0 aromatic heterocycles. The second-order valence-electron chi connectivity index (χ2n) is 6.61. The minimum Gasteiger partial charge on any atom is -0.481 e. The molecule has 0 saturated heterocycles. The van der Waals surface area contributed by atoms with Gasteiger partial charge in [0, 0.05) is 0 Å². The van der Waals surface area contributed by atoms with Gasteiger partial charge < -0.3 is 20.1 Å². The lowest BCUT2D eigenvalue weighted by Gasteiger charge is -2.35. The van der Waals surface area contributed by atoms with Crippen LogP contribution in [-0.4, -0.2) is 45.3 Å². The van der Waals surface area contributed by atoms with Crippen molar-refractivity contribution >= 4 is 23.9 Å². The summed E-state index contributed by atoms with van der Waals surface area (Å²) in [6.45, 7) is 0. The lowest BCUT2D eigenvalue weighted by atomic mass is 9.68. The van der Waals surface area contributed by atoms with Crippen LogP contribution in [0.3, 0.4) is 0 Å². The molecular formula is C16H22O8. The Hall–Kier alpha value is -2.12. The van der Waals surface area contributed by atoms with Crippen molar-refractivity contribution in [1.82, 2.24) is 0 Å². The van der Waals surface area contributed by atoms with Gasteiger partial charge >= 0.3 is 23.9 Å². The molecular weight excluding hydrogens is 320 g/mol. The molecule has 3 N–H and O–H groups in total. The molecule has 0 aromatic carbocycles. The Labute approximate surface area is 138 Å². The molecule has 2 rings (SSSR count). The summed E-state index contributed by atoms with van der Waals surface area (Å²) in [5.41, 5.74) is 0. The lowest BCUT2D eigenvalue weighted by Crippen LogP contribution is -2.46. The van der Waals surface area contributed by atoms with Crippen LogP contribution >= 0.6 is 0 Å². The van der Waals surface area contributed by atoms with Gasteiger partial charge in [0.25, 0.3) is 0 Å². The third-order valence-electron chi connectivity index (χ3n) is 5.08. The van der Waals surface area contributed by atoms with Crippen molar-refractivity contribution in [2.24, 2.45) is 23.7 Å². The lowest BCUT2D eigenvalue weighted by molar-refractivity contribution is -0.173. The normalized spacial score (nSPS) is 31.2. The molecule has 8 nitrogen and oxygen atoms in total. The quantitative estimate of drug-likeness (QED) is 0.637. The smallest absolute Gasteiger partial charge is 0.310 e. The van der Waals surface area contributed by atoms with Crippen LogP contribution in [0.4, 0.5) is 0 Å². The molecule has 2 aliphatic carbocycles. The highest BCUT2D eigenvalue weighted by atomic mass is 16.5. The van der Waals surface area contributed by atoms with Gasteiger partial charge in [0.2, 0.25) is 0 Å². The molecule has 4 atom stereocenters. The molecule has 2 aliphatic rings. The SMILES string of the molecule is O=C(O)C1CC(C(=O)O)C(C(=O)OC2CCCCC2)CC1C(=O)O. The molecule has 0 radical (unpaired) electrons. The summed E-state index contributed by atoms with van der Waals surface area (Å²) < 4.78 is 5.39. The van der Waals surface area contributed by atoms with Crippen molar-refractivity contribution in [1.29, 1.82) is 0 Å². The summed E-state index contributed by atoms with van der Waals surface area (Å²) in [6.07, 6.45) is 3.40. The van der Waals surface area contributed by atoms with Crippen LogP contribution in [0.1, 0.15) is 44.9 Å². The summed E-state index contributed by atoms with van der Waals surface area (Å²) >= 11 is 0. The molecule has 0 heterocycles. The number of hydrogen-bond acceptors (Lipinski definition) is 5. The van der Waals surface area contributed by atoms with Gasteiger partial charge in [-0.25, -0.2) is 0 Å². The third kappa shape index (κ3) is 4.04. The zero-order chi connectivity index (χ0) is 17.9. The first-order chi connectivity index (χ1) is 11.3. The molecule has 0 amide bonds. The maximum atomic E-state index is 12.4. The van der Waals surface area contributed by atoms with E-state index in [1.165, 1.54) is 0 Å². The van der Waals surface area contributed by atoms with Crippen LogP contribution in [0.5, 0.6) is 0 Å². The molecule has 0 spiro atoms. The average Bonchev–Trinajstić information content (AvgIpc) is 2.54. The van der Waals surface area contributed by atoms with Gasteiger partial charge in [-0.3, -0.25) is 19.2 Å². The molecule has 2 fully saturated rings. The predicted octanol–water partition coefficient (Wildman–Crippen LogP) is 1.37. The molecule has 134 valence electrons. The Kier molecular flexibility index (Phi) is 5.80. The number of carbonyl (C=O) groups is 4. The van der Waals surface area contributed by atoms with Gasteiger partial charge in [0.05, 0.1) is 23.7 Å². The zero-order valence-electron chi connectivity index (χ0n) is 13.2. The predicted molar refractivity (Wildman–Crippen MR) is 79.1 cm³/mol. The number of rotatable bonds is 5. The summed E-state index contributed by atoms with van der Waals surface area (Å²) in [4.78, 5) is 46.5. The largest absolute Gasteiger partial charge is 0.481 e. The van der Waals surface area contributed by atoms with E-state index < -0.39 is 47.5 Å². The standard InChI is InChI=1S/C16H22O8/c17-13(18)9-6-11(15(21)22)12(7-10(9)14(19)20)16(23)24-8-4-2-1-3-5-8/h8-12H,1-7H2,(H,17,18)(H,19,20)(H,21,22). The number of ether oxygens (including phenoxy) is 1. The zero-order valence-corrected chi connectivity index (χ0v) is 13.2. The maximum absolute atomic E-state index is 12.4. The number of aliphatic carboxylic acids is 3. The Balaban J connectivity index is 2.15. The van der Waals surface area contributed by atoms with E-state index in [4.69, 9.17) is 4.74 Å². The molecule has 0 aliphatic heterocycles. The second-order valence-corrected chi connectivity index (χ2v) is 6.61. The van der Waals surface area contributed by atoms with Crippen molar-refractivity contribution < 1.29 is 39.2 Å². The Bertz CT molecular complexity index is 522. The molecule has 0 bridgehead atoms. The van der Waals surface area contributed by atoms with Gasteiger partial charge in [0.1, 0.15) is 6.10 Å². The topological polar surface area (TPSA) is 138 Å². The number of hydrogen-bond donors (Lipinski definition) is 3. The summed E-state index contributed by atoms with van der Waals surface area (Å²) in [7, 11) is 0. The van der Waals surface area contributed by atoms with Crippen LogP contribution in [0, 0.1) is 23.7 Å². The van der Waals surface area contributed by atoms with Crippen molar-refractivity contribution in [2.45, 2.75) is 51.0 Å². The first-order valence-corrected chi connectivity index (χ1v) is 8.20. The van der Waals surface area contributed by atoms with E-state index >= 15 is 0 Å². The molecule has 24 heavy (non-hydrogen) atoms. The van der Waals surface area contributed by atoms with Crippen molar-refractivity contribution in [2.75, 3.05) is 0 Å². The fraction of sp³-hybridized carbons (Fsp3) is 0.750. The van der Waals surface area contributed by atoms with E-state index in [1.54, 1.807) is 0 Å². The summed E-state index contributed by atoms with van der Waals surface area (Å²) in [5, 5.41) is 27.8. The first-order valence-electron chi connectivity index (χ1n) is 8.20. The van der Waals surface area contributed by atoms with E-state index in [9.17, 15) is 34.5 Å². The summed E-state index contributed by atoms with van der Waals surface area (Å²) in [6, 6.07) is 0. The minimum absolute atomic E-state index is 0.263. The van der Waals surface area contributed by atoms with Crippen LogP contribution in [0.15, 0.2) is 0 Å². The third-order valence-corrected chi connectivity index (χ3v) is 5.08. The van der Waals surface area contributed by atoms with E-state index in [0.29, 0.717) is 0 Å². The van der Waals surface area contributed by atoms with E-state index in [2.05, 4.69) is 0 Å². The van der Waals surface area contributed by atoms with E-state index in [0.717, 1.165) is 32.1 Å². The van der Waals surface area contributed by atoms with Crippen molar-refractivity contribution in [3.8, 4) is 0 Å². The van der Waals surface area contributed by atoms with E-state index in [1.807, 2.05) is 0 Å². The average molecular weight is 342 g/mol. The van der Waals surface area contributed by atoms with Crippen LogP contribution in [0.25, 0.3) is 0 Å². The molecule has 2 saturated carbocycles. The Morgan fingerprint density at radius 3 is 1.54 bits per heavy atom. The van der Waals surface area contributed by atoms with Gasteiger partial charge in [0.15, 0.2) is 0 Å². The van der Waals surface area contributed by atoms with E-state index in [-0.39, 0.29) is 18.9 Å². The number of esters is 1. The van der Waals surface area contributed by atoms with Crippen molar-refractivity contribution in [3.63, 3.8) is 0 Å². The Morgan fingerprint density at radius 1 is 0.667 bits per heavy atom. The molecule has 4 unspecified atom stereocenters. The van der Waals surface area contributed by atoms with Gasteiger partial charge in [-0.1, -0.05) is 6.42 Å². The monoisotopic (exact) mass is 342 g/mol. The summed E-state index contributed by atoms with van der Waals surface area (Å²) in [5.74, 6) is -9.67. The maximum Gasteiger partial charge on any atom is 0.310 e. The Morgan fingerprint density at radius 2 is 1.08 bits per heavy atom. The van der Waals surface area contributed by atoms with Crippen LogP contribution in [0.2, 0.25) is 0 Å². The molecule has 8 heteroatoms. The van der Waals surface area contributed by atoms with Gasteiger partial charge in [-0.2, -0.15) is 0 Å². The van der Waals surface area contributed by atoms with Gasteiger partial charge in [-0.15, -0.1) is 0 Å². The fourth-order valence-corrected chi connectivity index (χ4v) is 3.72. The highest BCUT2D eigenvalue weighted by Gasteiger charge is 2.50. The first kappa shape index (κ1) is 18.2. The van der Waals surface area contributed by atoms with Gasteiger partial charge in [-0.05, 0) is 38.5 Å². The highest BCUT2D eigenvalue weighted by Crippen LogP contribution is 2.40. The number of carboxylic acids is 3. The number of carbonyl (C=O) groups excluding carboxylic acids is 1. The highest BCUT2D eigenvalue weighted by molar-refractivity contribution is 5.86. The minimum atomic E-state index is -1.35. The van der Waals surface area contributed by atoms with Crippen LogP contribution in [-0.2, 0) is 23.9 Å². The molecule has 0 aromatic rings. The second kappa shape index (κ2) is 7.63.